The number of unbranched alkanes of at least 4 members (excludes halogenated alkanes) is 36. The summed E-state index contributed by atoms with van der Waals surface area (Å²) in [6.45, 7) is 2.86. The minimum atomic E-state index is -4.72. The van der Waals surface area contributed by atoms with Gasteiger partial charge in [0.15, 0.2) is 6.10 Å². The number of phosphoric acid groups is 1. The average Bonchev–Trinajstić information content (AvgIpc) is 3.32. The number of esters is 2. The van der Waals surface area contributed by atoms with Crippen LogP contribution in [0.3, 0.4) is 0 Å². The number of ether oxygens (including phenoxy) is 2. The van der Waals surface area contributed by atoms with E-state index >= 15 is 0 Å². The summed E-state index contributed by atoms with van der Waals surface area (Å²) < 4.78 is 32.9. The van der Waals surface area contributed by atoms with Crippen molar-refractivity contribution in [2.75, 3.05) is 19.8 Å². The van der Waals surface area contributed by atoms with E-state index in [0.717, 1.165) is 38.5 Å². The molecule has 0 aromatic rings. The molecule has 0 aliphatic rings. The quantitative estimate of drug-likeness (QED) is 0.0229. The van der Waals surface area contributed by atoms with Gasteiger partial charge in [-0.25, -0.2) is 4.57 Å². The maximum atomic E-state index is 12.7. The minimum absolute atomic E-state index is 0.163. The standard InChI is InChI=1S/C56H106NO10P/c1-3-5-7-9-11-13-15-17-19-21-23-25-26-28-30-32-34-36-38-40-42-44-46-48-55(59)67-52(50-65-68(62,63)66-51-53(57)56(60)61)49-64-54(58)47-45-43-41-39-37-35-33-31-29-27-24-22-20-18-16-14-12-10-8-6-4-2/h21-24,52-53H,3-20,25-51,57H2,1-2H3,(H,60,61)(H,62,63)/b23-21-,24-22-. The Bertz CT molecular complexity index is 1250. The minimum Gasteiger partial charge on any atom is -0.480 e. The number of hydrogen-bond donors (Lipinski definition) is 3. The second-order valence-electron chi connectivity index (χ2n) is 19.4. The summed E-state index contributed by atoms with van der Waals surface area (Å²) in [6, 6.07) is -1.52. The number of nitrogens with two attached hydrogens (primary N) is 1. The Balaban J connectivity index is 4.16. The summed E-state index contributed by atoms with van der Waals surface area (Å²) in [5, 5.41) is 8.94. The molecule has 0 heterocycles. The molecule has 4 N–H and O–H groups in total. The van der Waals surface area contributed by atoms with E-state index in [0.29, 0.717) is 12.8 Å². The molecule has 0 rings (SSSR count). The van der Waals surface area contributed by atoms with Crippen molar-refractivity contribution in [2.24, 2.45) is 5.73 Å². The summed E-state index contributed by atoms with van der Waals surface area (Å²) >= 11 is 0. The second kappa shape index (κ2) is 51.3. The molecule has 11 nitrogen and oxygen atoms in total. The fourth-order valence-electron chi connectivity index (χ4n) is 8.23. The first-order valence-corrected chi connectivity index (χ1v) is 29.9. The Morgan fingerprint density at radius 1 is 0.441 bits per heavy atom. The molecule has 0 saturated heterocycles. The zero-order chi connectivity index (χ0) is 49.9. The van der Waals surface area contributed by atoms with Crippen LogP contribution in [0, 0.1) is 0 Å². The van der Waals surface area contributed by atoms with Crippen LogP contribution in [0.1, 0.15) is 284 Å². The summed E-state index contributed by atoms with van der Waals surface area (Å²) in [5.74, 6) is -2.36. The van der Waals surface area contributed by atoms with E-state index < -0.39 is 51.1 Å². The molecule has 0 amide bonds. The molecule has 0 aromatic carbocycles. The maximum absolute atomic E-state index is 12.7. The molecule has 68 heavy (non-hydrogen) atoms. The first-order valence-electron chi connectivity index (χ1n) is 28.4. The van der Waals surface area contributed by atoms with Gasteiger partial charge in [-0.2, -0.15) is 0 Å². The zero-order valence-electron chi connectivity index (χ0n) is 44.0. The molecule has 12 heteroatoms. The number of allylic oxidation sites excluding steroid dienone is 4. The van der Waals surface area contributed by atoms with E-state index in [4.69, 9.17) is 29.4 Å². The van der Waals surface area contributed by atoms with Crippen molar-refractivity contribution in [3.05, 3.63) is 24.3 Å². The number of phosphoric ester groups is 1. The average molecular weight is 984 g/mol. The van der Waals surface area contributed by atoms with E-state index in [2.05, 4.69) is 38.2 Å². The van der Waals surface area contributed by atoms with Crippen molar-refractivity contribution in [3.8, 4) is 0 Å². The number of carboxylic acids is 1. The van der Waals surface area contributed by atoms with Crippen LogP contribution in [-0.4, -0.2) is 59.9 Å². The van der Waals surface area contributed by atoms with Crippen LogP contribution in [-0.2, 0) is 37.5 Å². The summed E-state index contributed by atoms with van der Waals surface area (Å²) in [5.41, 5.74) is 5.36. The smallest absolute Gasteiger partial charge is 0.472 e. The SMILES string of the molecule is CCCCCCCCCC/C=C\CCCCCCCCCCCCCC(=O)OC(COC(=O)CCCCCCCCCCC/C=C\CCCCCCCCCC)COP(=O)(O)OCC(N)C(=O)O. The largest absolute Gasteiger partial charge is 0.480 e. The van der Waals surface area contributed by atoms with Crippen LogP contribution in [0.5, 0.6) is 0 Å². The van der Waals surface area contributed by atoms with E-state index in [1.165, 1.54) is 205 Å². The lowest BCUT2D eigenvalue weighted by molar-refractivity contribution is -0.161. The van der Waals surface area contributed by atoms with Crippen LogP contribution < -0.4 is 5.73 Å². The highest BCUT2D eigenvalue weighted by Gasteiger charge is 2.28. The van der Waals surface area contributed by atoms with Gasteiger partial charge in [0.05, 0.1) is 13.2 Å². The Kier molecular flexibility index (Phi) is 49.8. The monoisotopic (exact) mass is 984 g/mol. The first kappa shape index (κ1) is 66.0. The molecule has 0 radical (unpaired) electrons. The highest BCUT2D eigenvalue weighted by molar-refractivity contribution is 7.47. The van der Waals surface area contributed by atoms with Crippen molar-refractivity contribution in [3.63, 3.8) is 0 Å². The summed E-state index contributed by atoms with van der Waals surface area (Å²) in [6.07, 6.45) is 58.2. The molecular weight excluding hydrogens is 878 g/mol. The molecule has 3 atom stereocenters. The van der Waals surface area contributed by atoms with Gasteiger partial charge < -0.3 is 25.2 Å². The van der Waals surface area contributed by atoms with Crippen molar-refractivity contribution >= 4 is 25.7 Å². The normalized spacial score (nSPS) is 13.6. The fourth-order valence-corrected chi connectivity index (χ4v) is 9.01. The van der Waals surface area contributed by atoms with Gasteiger partial charge in [-0.3, -0.25) is 23.4 Å². The van der Waals surface area contributed by atoms with Gasteiger partial charge in [0.25, 0.3) is 0 Å². The number of aliphatic carboxylic acids is 1. The van der Waals surface area contributed by atoms with Gasteiger partial charge in [-0.05, 0) is 64.2 Å². The van der Waals surface area contributed by atoms with E-state index in [-0.39, 0.29) is 19.4 Å². The number of carboxylic acid groups (broad SMARTS) is 1. The second-order valence-corrected chi connectivity index (χ2v) is 20.9. The Morgan fingerprint density at radius 3 is 1.07 bits per heavy atom. The lowest BCUT2D eigenvalue weighted by atomic mass is 10.0. The van der Waals surface area contributed by atoms with Crippen LogP contribution in [0.15, 0.2) is 24.3 Å². The Morgan fingerprint density at radius 2 is 0.735 bits per heavy atom. The predicted molar refractivity (Wildman–Crippen MR) is 282 cm³/mol. The van der Waals surface area contributed by atoms with Crippen LogP contribution in [0.25, 0.3) is 0 Å². The first-order chi connectivity index (χ1) is 33.1. The third kappa shape index (κ3) is 50.4. The fraction of sp³-hybridized carbons (Fsp3) is 0.875. The van der Waals surface area contributed by atoms with Gasteiger partial charge in [0, 0.05) is 12.8 Å². The van der Waals surface area contributed by atoms with Crippen molar-refractivity contribution in [1.29, 1.82) is 0 Å². The van der Waals surface area contributed by atoms with Gasteiger partial charge in [-0.1, -0.05) is 231 Å². The summed E-state index contributed by atoms with van der Waals surface area (Å²) in [4.78, 5) is 46.3. The molecule has 0 fully saturated rings. The molecule has 0 bridgehead atoms. The predicted octanol–water partition coefficient (Wildman–Crippen LogP) is 16.5. The number of rotatable bonds is 54. The molecule has 0 saturated carbocycles. The van der Waals surface area contributed by atoms with Gasteiger partial charge in [0.1, 0.15) is 12.6 Å². The Labute approximate surface area is 417 Å². The number of carbonyl (C=O) groups excluding carboxylic acids is 2. The highest BCUT2D eigenvalue weighted by atomic mass is 31.2. The molecule has 0 aromatic heterocycles. The van der Waals surface area contributed by atoms with Crippen LogP contribution in [0.2, 0.25) is 0 Å². The van der Waals surface area contributed by atoms with Crippen molar-refractivity contribution < 1.29 is 47.5 Å². The molecule has 0 spiro atoms. The lowest BCUT2D eigenvalue weighted by Gasteiger charge is -2.20. The highest BCUT2D eigenvalue weighted by Crippen LogP contribution is 2.43. The molecule has 400 valence electrons. The number of carbonyl (C=O) groups is 3. The molecule has 3 unspecified atom stereocenters. The van der Waals surface area contributed by atoms with Crippen molar-refractivity contribution in [2.45, 2.75) is 296 Å². The lowest BCUT2D eigenvalue weighted by Crippen LogP contribution is -2.34. The maximum Gasteiger partial charge on any atom is 0.472 e. The van der Waals surface area contributed by atoms with Crippen LogP contribution in [0.4, 0.5) is 0 Å². The molecule has 0 aliphatic carbocycles. The van der Waals surface area contributed by atoms with Gasteiger partial charge in [-0.15, -0.1) is 0 Å². The van der Waals surface area contributed by atoms with E-state index in [1.807, 2.05) is 0 Å². The van der Waals surface area contributed by atoms with Gasteiger partial charge >= 0.3 is 25.7 Å². The van der Waals surface area contributed by atoms with Gasteiger partial charge in [0.2, 0.25) is 0 Å². The molecule has 0 aliphatic heterocycles. The Hall–Kier alpha value is -2.04. The van der Waals surface area contributed by atoms with Crippen molar-refractivity contribution in [1.82, 2.24) is 0 Å². The van der Waals surface area contributed by atoms with E-state index in [9.17, 15) is 23.8 Å². The summed E-state index contributed by atoms with van der Waals surface area (Å²) in [7, 11) is -4.72. The number of hydrogen-bond acceptors (Lipinski definition) is 9. The zero-order valence-corrected chi connectivity index (χ0v) is 44.9. The third-order valence-corrected chi connectivity index (χ3v) is 13.6. The third-order valence-electron chi connectivity index (χ3n) is 12.7. The van der Waals surface area contributed by atoms with E-state index in [1.54, 1.807) is 0 Å². The molecular formula is C56H106NO10P. The topological polar surface area (TPSA) is 172 Å². The van der Waals surface area contributed by atoms with Crippen LogP contribution >= 0.6 is 7.82 Å².